The molecule has 11 heteroatoms. The van der Waals surface area contributed by atoms with Crippen molar-refractivity contribution in [3.63, 3.8) is 0 Å². The average molecular weight is 566 g/mol. The molecule has 0 heterocycles. The smallest absolute Gasteiger partial charge is 0.370 e. The number of nitrogens with two attached hydrogens (primary N) is 1. The van der Waals surface area contributed by atoms with Gasteiger partial charge in [0.05, 0.1) is 11.1 Å². The summed E-state index contributed by atoms with van der Waals surface area (Å²) in [4.78, 5) is 15.2. The third-order valence-corrected chi connectivity index (χ3v) is 5.52. The number of primary amides is 1. The van der Waals surface area contributed by atoms with Gasteiger partial charge in [-0.15, -0.1) is 0 Å². The lowest BCUT2D eigenvalue weighted by Gasteiger charge is -2.15. The molecule has 0 spiro atoms. The molecule has 1 aromatic rings. The highest BCUT2D eigenvalue weighted by Gasteiger charge is 2.37. The largest absolute Gasteiger partial charge is 0.416 e. The number of nitrogens with one attached hydrogen (secondary N) is 1. The number of nitrogens with zero attached hydrogens (tertiary/aromatic N) is 1. The molecule has 0 saturated heterocycles. The lowest BCUT2D eigenvalue weighted by atomic mass is 10.00. The third kappa shape index (κ3) is 11.2. The standard InChI is InChI=1S/C15H22ClNO.C12H12F6N2/c1-5-8-10-12(14(16)11(4)7-3)13(9-6-2)15(17)18;1-3-20-10(19-2)7-4-8(11(13,14)15)6-9(5-7)12(16,17)18/h5,8-10H,6-7H2,1-4H3,(H2,17,18);4-6H,3H2,1-2H3,(H,19,20)/b8-5-,12-10-,13-9+,14-11-;. The monoisotopic (exact) mass is 565 g/mol. The van der Waals surface area contributed by atoms with Crippen LogP contribution in [0.3, 0.4) is 0 Å². The van der Waals surface area contributed by atoms with Crippen LogP contribution in [0.1, 0.15) is 64.2 Å². The topological polar surface area (TPSA) is 67.5 Å². The number of allylic oxidation sites excluding steroid dienone is 6. The quantitative estimate of drug-likeness (QED) is 0.110. The molecule has 4 nitrogen and oxygen atoms in total. The predicted molar refractivity (Wildman–Crippen MR) is 142 cm³/mol. The minimum atomic E-state index is -4.86. The Kier molecular flexibility index (Phi) is 14.8. The van der Waals surface area contributed by atoms with E-state index in [-0.39, 0.29) is 17.5 Å². The van der Waals surface area contributed by atoms with E-state index >= 15 is 0 Å². The van der Waals surface area contributed by atoms with Crippen molar-refractivity contribution in [1.29, 1.82) is 0 Å². The number of benzene rings is 1. The Morgan fingerprint density at radius 2 is 1.55 bits per heavy atom. The van der Waals surface area contributed by atoms with E-state index in [1.165, 1.54) is 7.05 Å². The van der Waals surface area contributed by atoms with Crippen molar-refractivity contribution in [1.82, 2.24) is 5.32 Å². The predicted octanol–water partition coefficient (Wildman–Crippen LogP) is 7.94. The highest BCUT2D eigenvalue weighted by molar-refractivity contribution is 6.33. The second-order valence-electron chi connectivity index (χ2n) is 7.84. The van der Waals surface area contributed by atoms with Crippen molar-refractivity contribution >= 4 is 23.3 Å². The van der Waals surface area contributed by atoms with Crippen LogP contribution < -0.4 is 11.1 Å². The van der Waals surface area contributed by atoms with Crippen LogP contribution in [0.4, 0.5) is 26.3 Å². The summed E-state index contributed by atoms with van der Waals surface area (Å²) in [5.41, 5.74) is 4.66. The summed E-state index contributed by atoms with van der Waals surface area (Å²) in [6.07, 6.45) is -0.771. The Balaban J connectivity index is 0.000000726. The molecule has 0 fully saturated rings. The summed E-state index contributed by atoms with van der Waals surface area (Å²) in [5, 5.41) is 3.23. The molecule has 1 rings (SSSR count). The van der Waals surface area contributed by atoms with Gasteiger partial charge in [-0.3, -0.25) is 9.79 Å². The zero-order valence-corrected chi connectivity index (χ0v) is 23.0. The van der Waals surface area contributed by atoms with E-state index in [4.69, 9.17) is 17.3 Å². The lowest BCUT2D eigenvalue weighted by Crippen LogP contribution is -2.25. The Morgan fingerprint density at radius 3 is 1.89 bits per heavy atom. The van der Waals surface area contributed by atoms with Crippen LogP contribution in [0.2, 0.25) is 0 Å². The maximum Gasteiger partial charge on any atom is 0.416 e. The molecule has 38 heavy (non-hydrogen) atoms. The number of halogens is 7. The first-order valence-corrected chi connectivity index (χ1v) is 12.2. The molecule has 0 aromatic heterocycles. The van der Waals surface area contributed by atoms with Crippen molar-refractivity contribution in [3.05, 3.63) is 80.9 Å². The zero-order valence-electron chi connectivity index (χ0n) is 22.2. The van der Waals surface area contributed by atoms with Crippen LogP contribution in [0.15, 0.2) is 69.2 Å². The van der Waals surface area contributed by atoms with Gasteiger partial charge in [0.1, 0.15) is 5.84 Å². The highest BCUT2D eigenvalue weighted by Crippen LogP contribution is 2.36. The van der Waals surface area contributed by atoms with Gasteiger partial charge in [-0.05, 0) is 51.8 Å². The number of carbonyl (C=O) groups is 1. The van der Waals surface area contributed by atoms with Crippen molar-refractivity contribution in [3.8, 4) is 0 Å². The van der Waals surface area contributed by atoms with E-state index in [9.17, 15) is 31.1 Å². The van der Waals surface area contributed by atoms with E-state index in [0.717, 1.165) is 18.4 Å². The molecule has 0 aliphatic rings. The maximum atomic E-state index is 12.7. The molecule has 0 unspecified atom stereocenters. The SMILES string of the molecule is CCNC(=NC)c1cc(C(F)(F)F)cc(C(F)(F)F)c1.C\C=C/C=C(C(\Cl)=C(/C)CC)/C(=C\CC)C(N)=O. The zero-order chi connectivity index (χ0) is 29.7. The summed E-state index contributed by atoms with van der Waals surface area (Å²) >= 11 is 6.34. The van der Waals surface area contributed by atoms with E-state index in [2.05, 4.69) is 10.3 Å². The summed E-state index contributed by atoms with van der Waals surface area (Å²) in [7, 11) is 1.28. The first kappa shape index (κ1) is 35.0. The van der Waals surface area contributed by atoms with Crippen molar-refractivity contribution in [2.75, 3.05) is 13.6 Å². The Morgan fingerprint density at radius 1 is 1.03 bits per heavy atom. The Labute approximate surface area is 225 Å². The normalized spacial score (nSPS) is 14.2. The van der Waals surface area contributed by atoms with Gasteiger partial charge in [0.25, 0.3) is 0 Å². The van der Waals surface area contributed by atoms with Crippen LogP contribution in [-0.2, 0) is 17.1 Å². The fourth-order valence-electron chi connectivity index (χ4n) is 2.98. The minimum absolute atomic E-state index is 0.0240. The van der Waals surface area contributed by atoms with Gasteiger partial charge in [-0.2, -0.15) is 26.3 Å². The number of amidine groups is 1. The van der Waals surface area contributed by atoms with Crippen LogP contribution >= 0.6 is 11.6 Å². The van der Waals surface area contributed by atoms with Gasteiger partial charge in [-0.25, -0.2) is 0 Å². The number of carbonyl (C=O) groups excluding carboxylic acids is 1. The number of amides is 1. The molecular formula is C27H34ClF6N3O. The van der Waals surface area contributed by atoms with Gasteiger partial charge in [0, 0.05) is 35.3 Å². The molecule has 0 aliphatic heterocycles. The summed E-state index contributed by atoms with van der Waals surface area (Å²) in [5.74, 6) is -0.473. The third-order valence-electron chi connectivity index (χ3n) is 4.99. The number of aliphatic imine (C=N–C) groups is 1. The Bertz CT molecular complexity index is 1060. The van der Waals surface area contributed by atoms with Gasteiger partial charge in [0.2, 0.25) is 5.91 Å². The van der Waals surface area contributed by atoms with Crippen molar-refractivity contribution in [2.24, 2.45) is 10.7 Å². The molecular weight excluding hydrogens is 532 g/mol. The van der Waals surface area contributed by atoms with E-state index in [1.54, 1.807) is 6.92 Å². The molecule has 0 atom stereocenters. The summed E-state index contributed by atoms with van der Waals surface area (Å²) in [6, 6.07) is 1.36. The second kappa shape index (κ2) is 16.1. The fourth-order valence-corrected chi connectivity index (χ4v) is 3.27. The highest BCUT2D eigenvalue weighted by atomic mass is 35.5. The summed E-state index contributed by atoms with van der Waals surface area (Å²) < 4.78 is 76.0. The van der Waals surface area contributed by atoms with E-state index < -0.39 is 29.4 Å². The molecule has 0 aliphatic carbocycles. The maximum absolute atomic E-state index is 12.7. The number of rotatable bonds is 8. The van der Waals surface area contributed by atoms with Gasteiger partial charge < -0.3 is 11.1 Å². The van der Waals surface area contributed by atoms with Crippen LogP contribution in [-0.4, -0.2) is 25.3 Å². The first-order valence-electron chi connectivity index (χ1n) is 11.8. The number of hydrogen-bond acceptors (Lipinski definition) is 2. The van der Waals surface area contributed by atoms with Crippen LogP contribution in [0.25, 0.3) is 0 Å². The van der Waals surface area contributed by atoms with E-state index in [0.29, 0.717) is 34.9 Å². The van der Waals surface area contributed by atoms with Crippen molar-refractivity contribution < 1.29 is 31.1 Å². The molecule has 0 bridgehead atoms. The van der Waals surface area contributed by atoms with Gasteiger partial charge >= 0.3 is 12.4 Å². The van der Waals surface area contributed by atoms with Crippen LogP contribution in [0.5, 0.6) is 0 Å². The molecule has 212 valence electrons. The molecule has 3 N–H and O–H groups in total. The molecule has 1 aromatic carbocycles. The Hall–Kier alpha value is -3.01. The lowest BCUT2D eigenvalue weighted by molar-refractivity contribution is -0.143. The molecule has 0 radical (unpaired) electrons. The van der Waals surface area contributed by atoms with E-state index in [1.807, 2.05) is 52.0 Å². The van der Waals surface area contributed by atoms with Gasteiger partial charge in [-0.1, -0.05) is 55.3 Å². The second-order valence-corrected chi connectivity index (χ2v) is 8.22. The number of hydrogen-bond donors (Lipinski definition) is 2. The first-order chi connectivity index (χ1) is 17.6. The molecule has 0 saturated carbocycles. The van der Waals surface area contributed by atoms with Crippen LogP contribution in [0, 0.1) is 0 Å². The molecule has 1 amide bonds. The number of alkyl halides is 6. The van der Waals surface area contributed by atoms with Crippen molar-refractivity contribution in [2.45, 2.75) is 59.8 Å². The summed E-state index contributed by atoms with van der Waals surface area (Å²) in [6.45, 7) is 9.83. The fraction of sp³-hybridized carbons (Fsp3) is 0.407. The minimum Gasteiger partial charge on any atom is -0.370 e. The average Bonchev–Trinajstić information content (AvgIpc) is 2.84. The van der Waals surface area contributed by atoms with Gasteiger partial charge in [0.15, 0.2) is 0 Å².